The predicted octanol–water partition coefficient (Wildman–Crippen LogP) is 5.93. The standard InChI is InChI=1S/C24H31NO3/c1-17(2)16-27-23(26)25-13-12-18-6-9-22(14-19(18)15-25)28-21-10-7-20(8-11-21)24(3,4)5/h6-11,14,17H,12-13,15-16H2,1-5H3. The van der Waals surface area contributed by atoms with E-state index in [9.17, 15) is 4.79 Å². The van der Waals surface area contributed by atoms with Gasteiger partial charge >= 0.3 is 6.09 Å². The van der Waals surface area contributed by atoms with Crippen LogP contribution in [0.4, 0.5) is 4.79 Å². The van der Waals surface area contributed by atoms with Crippen LogP contribution in [0.1, 0.15) is 51.3 Å². The Morgan fingerprint density at radius 1 is 1.04 bits per heavy atom. The van der Waals surface area contributed by atoms with Crippen molar-refractivity contribution in [2.24, 2.45) is 5.92 Å². The van der Waals surface area contributed by atoms with Crippen molar-refractivity contribution in [1.82, 2.24) is 4.90 Å². The Kier molecular flexibility index (Phi) is 5.97. The fourth-order valence-electron chi connectivity index (χ4n) is 3.24. The van der Waals surface area contributed by atoms with Gasteiger partial charge in [-0.05, 0) is 58.7 Å². The first-order chi connectivity index (χ1) is 13.2. The minimum absolute atomic E-state index is 0.123. The molecule has 1 aliphatic heterocycles. The van der Waals surface area contributed by atoms with Gasteiger partial charge in [0.25, 0.3) is 0 Å². The lowest BCUT2D eigenvalue weighted by Crippen LogP contribution is -2.36. The molecule has 0 fully saturated rings. The maximum absolute atomic E-state index is 12.3. The quantitative estimate of drug-likeness (QED) is 0.659. The van der Waals surface area contributed by atoms with E-state index < -0.39 is 0 Å². The highest BCUT2D eigenvalue weighted by Gasteiger charge is 2.22. The van der Waals surface area contributed by atoms with Gasteiger partial charge in [-0.25, -0.2) is 4.79 Å². The van der Waals surface area contributed by atoms with Gasteiger partial charge in [-0.2, -0.15) is 0 Å². The molecule has 3 rings (SSSR count). The minimum atomic E-state index is -0.233. The molecular formula is C24H31NO3. The van der Waals surface area contributed by atoms with Crippen LogP contribution in [0.2, 0.25) is 0 Å². The monoisotopic (exact) mass is 381 g/mol. The average Bonchev–Trinajstić information content (AvgIpc) is 2.65. The summed E-state index contributed by atoms with van der Waals surface area (Å²) >= 11 is 0. The van der Waals surface area contributed by atoms with Crippen molar-refractivity contribution >= 4 is 6.09 Å². The Morgan fingerprint density at radius 2 is 1.71 bits per heavy atom. The van der Waals surface area contributed by atoms with Gasteiger partial charge in [0.15, 0.2) is 0 Å². The number of carbonyl (C=O) groups excluding carboxylic acids is 1. The van der Waals surface area contributed by atoms with Gasteiger partial charge in [0.2, 0.25) is 0 Å². The summed E-state index contributed by atoms with van der Waals surface area (Å²) in [7, 11) is 0. The van der Waals surface area contributed by atoms with Gasteiger partial charge in [-0.15, -0.1) is 0 Å². The lowest BCUT2D eigenvalue weighted by Gasteiger charge is -2.28. The number of fused-ring (bicyclic) bond motifs is 1. The van der Waals surface area contributed by atoms with Crippen LogP contribution in [-0.4, -0.2) is 24.1 Å². The molecule has 0 spiro atoms. The fraction of sp³-hybridized carbons (Fsp3) is 0.458. The molecule has 1 amide bonds. The molecule has 0 atom stereocenters. The van der Waals surface area contributed by atoms with Crippen LogP contribution in [0.15, 0.2) is 42.5 Å². The normalized spacial score (nSPS) is 14.0. The zero-order chi connectivity index (χ0) is 20.3. The highest BCUT2D eigenvalue weighted by atomic mass is 16.6. The number of nitrogens with zero attached hydrogens (tertiary/aromatic N) is 1. The highest BCUT2D eigenvalue weighted by Crippen LogP contribution is 2.29. The number of benzene rings is 2. The zero-order valence-electron chi connectivity index (χ0n) is 17.6. The van der Waals surface area contributed by atoms with Crippen molar-refractivity contribution in [3.8, 4) is 11.5 Å². The van der Waals surface area contributed by atoms with E-state index in [0.717, 1.165) is 23.5 Å². The molecule has 0 bridgehead atoms. The van der Waals surface area contributed by atoms with Gasteiger partial charge in [-0.3, -0.25) is 0 Å². The Bertz CT molecular complexity index is 819. The molecule has 0 saturated heterocycles. The Hall–Kier alpha value is -2.49. The smallest absolute Gasteiger partial charge is 0.410 e. The Balaban J connectivity index is 1.68. The van der Waals surface area contributed by atoms with Crippen molar-refractivity contribution in [2.75, 3.05) is 13.2 Å². The Morgan fingerprint density at radius 3 is 2.36 bits per heavy atom. The molecule has 150 valence electrons. The molecule has 4 nitrogen and oxygen atoms in total. The second-order valence-electron chi connectivity index (χ2n) is 8.95. The summed E-state index contributed by atoms with van der Waals surface area (Å²) in [5.41, 5.74) is 3.79. The van der Waals surface area contributed by atoms with Crippen molar-refractivity contribution < 1.29 is 14.3 Å². The second-order valence-corrected chi connectivity index (χ2v) is 8.95. The first-order valence-corrected chi connectivity index (χ1v) is 10.0. The second kappa shape index (κ2) is 8.26. The molecule has 0 unspecified atom stereocenters. The van der Waals surface area contributed by atoms with Crippen LogP contribution in [0.3, 0.4) is 0 Å². The van der Waals surface area contributed by atoms with E-state index in [1.165, 1.54) is 11.1 Å². The van der Waals surface area contributed by atoms with E-state index in [4.69, 9.17) is 9.47 Å². The predicted molar refractivity (Wildman–Crippen MR) is 112 cm³/mol. The third kappa shape index (κ3) is 5.06. The van der Waals surface area contributed by atoms with E-state index in [-0.39, 0.29) is 11.5 Å². The molecule has 0 N–H and O–H groups in total. The fourth-order valence-corrected chi connectivity index (χ4v) is 3.24. The van der Waals surface area contributed by atoms with Gasteiger partial charge in [0.05, 0.1) is 6.61 Å². The molecular weight excluding hydrogens is 350 g/mol. The van der Waals surface area contributed by atoms with Gasteiger partial charge in [0, 0.05) is 13.1 Å². The van der Waals surface area contributed by atoms with Gasteiger partial charge in [-0.1, -0.05) is 52.8 Å². The minimum Gasteiger partial charge on any atom is -0.457 e. The zero-order valence-corrected chi connectivity index (χ0v) is 17.6. The van der Waals surface area contributed by atoms with Crippen LogP contribution >= 0.6 is 0 Å². The third-order valence-corrected chi connectivity index (χ3v) is 4.94. The highest BCUT2D eigenvalue weighted by molar-refractivity contribution is 5.68. The molecule has 0 aromatic heterocycles. The molecule has 2 aromatic carbocycles. The summed E-state index contributed by atoms with van der Waals surface area (Å²) in [4.78, 5) is 14.0. The molecule has 0 saturated carbocycles. The molecule has 28 heavy (non-hydrogen) atoms. The Labute approximate surface area is 168 Å². The van der Waals surface area contributed by atoms with E-state index in [2.05, 4.69) is 39.0 Å². The number of ether oxygens (including phenoxy) is 2. The molecule has 1 aliphatic rings. The summed E-state index contributed by atoms with van der Waals surface area (Å²) in [6.07, 6.45) is 0.607. The number of rotatable bonds is 4. The SMILES string of the molecule is CC(C)COC(=O)N1CCc2ccc(Oc3ccc(C(C)(C)C)cc3)cc2C1. The summed E-state index contributed by atoms with van der Waals surface area (Å²) < 4.78 is 11.4. The number of carbonyl (C=O) groups is 1. The van der Waals surface area contributed by atoms with Crippen molar-refractivity contribution in [1.29, 1.82) is 0 Å². The molecule has 0 radical (unpaired) electrons. The van der Waals surface area contributed by atoms with Crippen LogP contribution in [0.25, 0.3) is 0 Å². The van der Waals surface area contributed by atoms with E-state index >= 15 is 0 Å². The summed E-state index contributed by atoms with van der Waals surface area (Å²) in [5.74, 6) is 1.95. The van der Waals surface area contributed by atoms with Crippen LogP contribution < -0.4 is 4.74 Å². The van der Waals surface area contributed by atoms with Crippen molar-refractivity contribution in [3.63, 3.8) is 0 Å². The topological polar surface area (TPSA) is 38.8 Å². The average molecular weight is 382 g/mol. The van der Waals surface area contributed by atoms with Crippen LogP contribution in [0.5, 0.6) is 11.5 Å². The summed E-state index contributed by atoms with van der Waals surface area (Å²) in [6.45, 7) is 12.4. The largest absolute Gasteiger partial charge is 0.457 e. The molecule has 2 aromatic rings. The molecule has 1 heterocycles. The van der Waals surface area contributed by atoms with E-state index in [0.29, 0.717) is 25.6 Å². The lowest BCUT2D eigenvalue weighted by atomic mass is 9.87. The third-order valence-electron chi connectivity index (χ3n) is 4.94. The van der Waals surface area contributed by atoms with Crippen molar-refractivity contribution in [2.45, 2.75) is 53.0 Å². The number of hydrogen-bond donors (Lipinski definition) is 0. The number of hydrogen-bond acceptors (Lipinski definition) is 3. The first-order valence-electron chi connectivity index (χ1n) is 10.0. The molecule has 4 heteroatoms. The number of amides is 1. The molecule has 0 aliphatic carbocycles. The lowest BCUT2D eigenvalue weighted by molar-refractivity contribution is 0.0879. The van der Waals surface area contributed by atoms with Crippen LogP contribution in [-0.2, 0) is 23.1 Å². The van der Waals surface area contributed by atoms with Gasteiger partial charge in [0.1, 0.15) is 11.5 Å². The summed E-state index contributed by atoms with van der Waals surface area (Å²) in [5, 5.41) is 0. The van der Waals surface area contributed by atoms with Crippen LogP contribution in [0, 0.1) is 5.92 Å². The van der Waals surface area contributed by atoms with E-state index in [1.54, 1.807) is 4.90 Å². The van der Waals surface area contributed by atoms with Crippen molar-refractivity contribution in [3.05, 3.63) is 59.2 Å². The van der Waals surface area contributed by atoms with Gasteiger partial charge < -0.3 is 14.4 Å². The maximum Gasteiger partial charge on any atom is 0.410 e. The summed E-state index contributed by atoms with van der Waals surface area (Å²) in [6, 6.07) is 14.4. The maximum atomic E-state index is 12.3. The first kappa shape index (κ1) is 20.2. The van der Waals surface area contributed by atoms with E-state index in [1.807, 2.05) is 38.1 Å².